The summed E-state index contributed by atoms with van der Waals surface area (Å²) in [6, 6.07) is 20.4. The first-order valence-electron chi connectivity index (χ1n) is 13.3. The van der Waals surface area contributed by atoms with E-state index in [2.05, 4.69) is 19.9 Å². The molecule has 1 amide bonds. The summed E-state index contributed by atoms with van der Waals surface area (Å²) in [4.78, 5) is 35.0. The summed E-state index contributed by atoms with van der Waals surface area (Å²) < 4.78 is 3.70. The molecule has 1 saturated carbocycles. The number of nitrogens with zero attached hydrogens (tertiary/aromatic N) is 4. The minimum Gasteiger partial charge on any atom is -0.396 e. The Bertz CT molecular complexity index is 1740. The molecule has 0 aliphatic heterocycles. The van der Waals surface area contributed by atoms with Crippen LogP contribution < -0.4 is 16.6 Å². The first-order chi connectivity index (χ1) is 19.4. The van der Waals surface area contributed by atoms with Gasteiger partial charge in [0.1, 0.15) is 23.4 Å². The number of nitrogens with one attached hydrogen (secondary N) is 1. The summed E-state index contributed by atoms with van der Waals surface area (Å²) >= 11 is 0. The number of fused-ring (bicyclic) bond motifs is 1. The van der Waals surface area contributed by atoms with Crippen LogP contribution in [-0.2, 0) is 0 Å². The first kappa shape index (κ1) is 25.5. The summed E-state index contributed by atoms with van der Waals surface area (Å²) in [6.07, 6.45) is 6.99. The smallest absolute Gasteiger partial charge is 0.263 e. The van der Waals surface area contributed by atoms with Crippen LogP contribution in [0, 0.1) is 5.92 Å². The lowest BCUT2D eigenvalue weighted by Gasteiger charge is -2.35. The number of amides is 1. The maximum absolute atomic E-state index is 13.2. The number of carbonyl (C=O) groups excluding carboxylic acids is 1. The van der Waals surface area contributed by atoms with E-state index in [-0.39, 0.29) is 29.8 Å². The van der Waals surface area contributed by atoms with Gasteiger partial charge in [-0.05, 0) is 61.1 Å². The van der Waals surface area contributed by atoms with E-state index in [4.69, 9.17) is 5.73 Å². The molecular weight excluding hydrogens is 504 g/mol. The molecule has 5 aromatic rings. The van der Waals surface area contributed by atoms with Crippen molar-refractivity contribution in [3.63, 3.8) is 0 Å². The van der Waals surface area contributed by atoms with E-state index in [1.54, 1.807) is 35.0 Å². The molecule has 0 spiro atoms. The van der Waals surface area contributed by atoms with Crippen LogP contribution in [0.4, 0.5) is 11.5 Å². The highest BCUT2D eigenvalue weighted by atomic mass is 16.3. The molecule has 6 rings (SSSR count). The molecule has 40 heavy (non-hydrogen) atoms. The van der Waals surface area contributed by atoms with Gasteiger partial charge in [-0.3, -0.25) is 9.59 Å². The normalized spacial score (nSPS) is 17.4. The van der Waals surface area contributed by atoms with E-state index in [1.165, 1.54) is 6.33 Å². The third-order valence-corrected chi connectivity index (χ3v) is 7.87. The second kappa shape index (κ2) is 10.4. The third kappa shape index (κ3) is 4.54. The van der Waals surface area contributed by atoms with E-state index < -0.39 is 5.91 Å². The van der Waals surface area contributed by atoms with Crippen LogP contribution >= 0.6 is 0 Å². The van der Waals surface area contributed by atoms with Gasteiger partial charge in [0.25, 0.3) is 11.5 Å². The van der Waals surface area contributed by atoms with Crippen molar-refractivity contribution in [3.8, 4) is 11.1 Å². The minimum absolute atomic E-state index is 0.0732. The van der Waals surface area contributed by atoms with Crippen LogP contribution in [0.15, 0.2) is 90.2 Å². The monoisotopic (exact) mass is 534 g/mol. The van der Waals surface area contributed by atoms with E-state index in [0.29, 0.717) is 17.4 Å². The number of aliphatic hydroxyl groups is 1. The van der Waals surface area contributed by atoms with Crippen LogP contribution in [0.5, 0.6) is 0 Å². The molecule has 1 fully saturated rings. The van der Waals surface area contributed by atoms with Crippen molar-refractivity contribution >= 4 is 28.4 Å². The lowest BCUT2D eigenvalue weighted by molar-refractivity contribution is 0.102. The molecule has 9 nitrogen and oxygen atoms in total. The summed E-state index contributed by atoms with van der Waals surface area (Å²) in [5.41, 5.74) is 10.1. The van der Waals surface area contributed by atoms with Crippen molar-refractivity contribution in [2.75, 3.05) is 17.7 Å². The summed E-state index contributed by atoms with van der Waals surface area (Å²) in [7, 11) is 0. The highest BCUT2D eigenvalue weighted by Crippen LogP contribution is 2.42. The zero-order valence-electron chi connectivity index (χ0n) is 22.1. The molecule has 0 unspecified atom stereocenters. The highest BCUT2D eigenvalue weighted by molar-refractivity contribution is 6.04. The van der Waals surface area contributed by atoms with Gasteiger partial charge in [0.05, 0.1) is 11.4 Å². The van der Waals surface area contributed by atoms with E-state index in [1.807, 2.05) is 55.6 Å². The van der Waals surface area contributed by atoms with Gasteiger partial charge < -0.3 is 25.3 Å². The Kier molecular flexibility index (Phi) is 6.65. The van der Waals surface area contributed by atoms with Crippen LogP contribution in [0.1, 0.15) is 47.8 Å². The second-order valence-corrected chi connectivity index (χ2v) is 10.3. The molecule has 0 saturated heterocycles. The number of anilines is 2. The number of hydrogen-bond donors (Lipinski definition) is 3. The first-order valence-corrected chi connectivity index (χ1v) is 13.3. The Balaban J connectivity index is 1.25. The fourth-order valence-corrected chi connectivity index (χ4v) is 5.49. The molecule has 2 aromatic carbocycles. The number of pyridine rings is 1. The zero-order chi connectivity index (χ0) is 27.8. The Hall–Kier alpha value is -4.76. The van der Waals surface area contributed by atoms with Crippen LogP contribution in [0.2, 0.25) is 0 Å². The molecular formula is C31H30N6O3. The van der Waals surface area contributed by atoms with Gasteiger partial charge in [0, 0.05) is 36.3 Å². The molecule has 4 N–H and O–H groups in total. The van der Waals surface area contributed by atoms with Crippen molar-refractivity contribution in [2.24, 2.45) is 5.92 Å². The number of nitrogen functional groups attached to an aromatic ring is 1. The predicted molar refractivity (Wildman–Crippen MR) is 155 cm³/mol. The SMILES string of the molecule is C[C@@H](c1ccccc1)n1cccc(C(=O)Nc2ccc(-c3cn(C4CC(CO)C4)c4ncnc(N)c34)cc2)c1=O. The fourth-order valence-electron chi connectivity index (χ4n) is 5.49. The summed E-state index contributed by atoms with van der Waals surface area (Å²) in [6.45, 7) is 2.12. The molecule has 0 bridgehead atoms. The summed E-state index contributed by atoms with van der Waals surface area (Å²) in [5.74, 6) is 0.243. The number of carbonyl (C=O) groups is 1. The van der Waals surface area contributed by atoms with Gasteiger partial charge in [-0.15, -0.1) is 0 Å². The summed E-state index contributed by atoms with van der Waals surface area (Å²) in [5, 5.41) is 13.1. The number of nitrogens with two attached hydrogens (primary N) is 1. The van der Waals surface area contributed by atoms with Gasteiger partial charge >= 0.3 is 0 Å². The predicted octanol–water partition coefficient (Wildman–Crippen LogP) is 4.65. The molecule has 202 valence electrons. The highest BCUT2D eigenvalue weighted by Gasteiger charge is 2.32. The second-order valence-electron chi connectivity index (χ2n) is 10.3. The van der Waals surface area contributed by atoms with E-state index >= 15 is 0 Å². The Labute approximate surface area is 230 Å². The standard InChI is InChI=1S/C31H30N6O3/c1-19(21-6-3-2-4-7-21)36-13-5-8-25(31(36)40)30(39)35-23-11-9-22(10-12-23)26-16-37(24-14-20(15-24)17-38)29-27(26)28(32)33-18-34-29/h2-13,16,18-20,24,38H,14-15,17H2,1H3,(H,35,39)(H2,32,33,34)/t19-,20?,24?/m0/s1. The van der Waals surface area contributed by atoms with Crippen molar-refractivity contribution in [3.05, 3.63) is 107 Å². The number of hydrogen-bond acceptors (Lipinski definition) is 6. The Morgan fingerprint density at radius 1 is 1.07 bits per heavy atom. The van der Waals surface area contributed by atoms with Crippen LogP contribution in [0.3, 0.4) is 0 Å². The molecule has 1 aliphatic rings. The molecule has 1 atom stereocenters. The number of aliphatic hydroxyl groups excluding tert-OH is 1. The number of rotatable bonds is 7. The van der Waals surface area contributed by atoms with Crippen LogP contribution in [0.25, 0.3) is 22.2 Å². The largest absolute Gasteiger partial charge is 0.396 e. The van der Waals surface area contributed by atoms with Gasteiger partial charge in [-0.1, -0.05) is 42.5 Å². The number of benzene rings is 2. The quantitative estimate of drug-likeness (QED) is 0.279. The molecule has 0 radical (unpaired) electrons. The zero-order valence-corrected chi connectivity index (χ0v) is 22.1. The van der Waals surface area contributed by atoms with Crippen LogP contribution in [-0.4, -0.2) is 36.7 Å². The van der Waals surface area contributed by atoms with Crippen molar-refractivity contribution in [1.29, 1.82) is 0 Å². The molecule has 9 heteroatoms. The van der Waals surface area contributed by atoms with Gasteiger partial charge in [0.15, 0.2) is 0 Å². The lowest BCUT2D eigenvalue weighted by atomic mass is 9.81. The van der Waals surface area contributed by atoms with Crippen molar-refractivity contribution in [1.82, 2.24) is 19.1 Å². The average Bonchev–Trinajstić information content (AvgIpc) is 3.33. The molecule has 3 aromatic heterocycles. The topological polar surface area (TPSA) is 128 Å². The van der Waals surface area contributed by atoms with E-state index in [0.717, 1.165) is 40.6 Å². The maximum atomic E-state index is 13.2. The van der Waals surface area contributed by atoms with Gasteiger partial charge in [0.2, 0.25) is 0 Å². The third-order valence-electron chi connectivity index (χ3n) is 7.87. The lowest BCUT2D eigenvalue weighted by Crippen LogP contribution is -2.30. The number of aromatic nitrogens is 4. The Morgan fingerprint density at radius 3 is 2.55 bits per heavy atom. The van der Waals surface area contributed by atoms with Crippen molar-refractivity contribution < 1.29 is 9.90 Å². The molecule has 3 heterocycles. The fraction of sp³-hybridized carbons (Fsp3) is 0.226. The van der Waals surface area contributed by atoms with E-state index in [9.17, 15) is 14.7 Å². The maximum Gasteiger partial charge on any atom is 0.263 e. The van der Waals surface area contributed by atoms with Crippen molar-refractivity contribution in [2.45, 2.75) is 31.8 Å². The minimum atomic E-state index is -0.468. The Morgan fingerprint density at radius 2 is 1.82 bits per heavy atom. The van der Waals surface area contributed by atoms with Gasteiger partial charge in [-0.25, -0.2) is 9.97 Å². The average molecular weight is 535 g/mol. The van der Waals surface area contributed by atoms with Gasteiger partial charge in [-0.2, -0.15) is 0 Å². The molecule has 1 aliphatic carbocycles.